The van der Waals surface area contributed by atoms with Crippen molar-refractivity contribution < 1.29 is 23.7 Å². The molecule has 1 atom stereocenters. The quantitative estimate of drug-likeness (QED) is 0.807. The molecule has 26 heavy (non-hydrogen) atoms. The molecule has 1 amide bonds. The molecule has 0 spiro atoms. The smallest absolute Gasteiger partial charge is 0.244 e. The van der Waals surface area contributed by atoms with Crippen LogP contribution < -0.4 is 24.3 Å². The minimum absolute atomic E-state index is 0.225. The summed E-state index contributed by atoms with van der Waals surface area (Å²) in [5.41, 5.74) is 0.758. The van der Waals surface area contributed by atoms with Gasteiger partial charge in [-0.05, 0) is 36.4 Å². The molecule has 6 nitrogen and oxygen atoms in total. The third-order valence-electron chi connectivity index (χ3n) is 3.92. The Hall–Kier alpha value is -3.15. The first-order chi connectivity index (χ1) is 12.7. The number of methoxy groups -OCH3 is 2. The van der Waals surface area contributed by atoms with Gasteiger partial charge in [0.2, 0.25) is 5.91 Å². The lowest BCUT2D eigenvalue weighted by Gasteiger charge is -2.26. The molecule has 6 heteroatoms. The van der Waals surface area contributed by atoms with E-state index in [1.807, 2.05) is 24.3 Å². The number of nitrogens with one attached hydrogen (secondary N) is 1. The number of carbonyl (C=O) groups excluding carboxylic acids is 1. The molecule has 1 aliphatic heterocycles. The summed E-state index contributed by atoms with van der Waals surface area (Å²) >= 11 is 0. The van der Waals surface area contributed by atoms with Gasteiger partial charge in [-0.25, -0.2) is 0 Å². The van der Waals surface area contributed by atoms with E-state index in [4.69, 9.17) is 18.9 Å². The van der Waals surface area contributed by atoms with Crippen LogP contribution in [0.15, 0.2) is 48.5 Å². The Bertz CT molecular complexity index is 803. The number of benzene rings is 2. The molecular weight excluding hydrogens is 334 g/mol. The van der Waals surface area contributed by atoms with Gasteiger partial charge in [0.05, 0.1) is 20.8 Å². The zero-order valence-electron chi connectivity index (χ0n) is 14.7. The molecule has 1 N–H and O–H groups in total. The van der Waals surface area contributed by atoms with Gasteiger partial charge in [-0.2, -0.15) is 0 Å². The number of carbonyl (C=O) groups is 1. The zero-order valence-corrected chi connectivity index (χ0v) is 14.7. The Morgan fingerprint density at radius 3 is 2.77 bits per heavy atom. The van der Waals surface area contributed by atoms with Crippen LogP contribution in [-0.4, -0.2) is 39.4 Å². The number of hydrogen-bond acceptors (Lipinski definition) is 5. The van der Waals surface area contributed by atoms with E-state index >= 15 is 0 Å². The van der Waals surface area contributed by atoms with Crippen molar-refractivity contribution in [2.75, 3.05) is 27.4 Å². The highest BCUT2D eigenvalue weighted by atomic mass is 16.6. The summed E-state index contributed by atoms with van der Waals surface area (Å²) in [5, 5.41) is 2.82. The molecular formula is C20H21NO5. The molecule has 2 aromatic rings. The third kappa shape index (κ3) is 4.27. The van der Waals surface area contributed by atoms with Gasteiger partial charge in [-0.15, -0.1) is 0 Å². The van der Waals surface area contributed by atoms with Gasteiger partial charge in [-0.1, -0.05) is 12.1 Å². The fraction of sp³-hybridized carbons (Fsp3) is 0.250. The predicted molar refractivity (Wildman–Crippen MR) is 97.9 cm³/mol. The van der Waals surface area contributed by atoms with Crippen LogP contribution in [0.2, 0.25) is 0 Å². The Labute approximate surface area is 152 Å². The van der Waals surface area contributed by atoms with Crippen molar-refractivity contribution in [3.8, 4) is 23.0 Å². The van der Waals surface area contributed by atoms with E-state index in [1.165, 1.54) is 6.08 Å². The van der Waals surface area contributed by atoms with Crippen LogP contribution in [0.1, 0.15) is 5.56 Å². The molecule has 1 heterocycles. The summed E-state index contributed by atoms with van der Waals surface area (Å²) in [6, 6.07) is 12.9. The van der Waals surface area contributed by atoms with E-state index in [-0.39, 0.29) is 12.0 Å². The van der Waals surface area contributed by atoms with E-state index in [1.54, 1.807) is 38.5 Å². The summed E-state index contributed by atoms with van der Waals surface area (Å²) in [6.07, 6.45) is 2.91. The topological polar surface area (TPSA) is 66.0 Å². The average Bonchev–Trinajstić information content (AvgIpc) is 2.70. The van der Waals surface area contributed by atoms with Gasteiger partial charge in [0.25, 0.3) is 0 Å². The lowest BCUT2D eigenvalue weighted by atomic mass is 10.1. The van der Waals surface area contributed by atoms with Crippen molar-refractivity contribution in [2.45, 2.75) is 6.10 Å². The van der Waals surface area contributed by atoms with E-state index in [0.717, 1.165) is 11.3 Å². The molecule has 1 unspecified atom stereocenters. The first kappa shape index (κ1) is 17.7. The standard InChI is InChI=1S/C20H21NO5/c1-23-15-8-9-17(24-2)14(11-15)7-10-20(22)21-12-16-13-25-18-5-3-4-6-19(18)26-16/h3-11,16H,12-13H2,1-2H3,(H,21,22)/b10-7+. The average molecular weight is 355 g/mol. The van der Waals surface area contributed by atoms with Gasteiger partial charge in [0.1, 0.15) is 24.2 Å². The van der Waals surface area contributed by atoms with E-state index < -0.39 is 0 Å². The number of hydrogen-bond donors (Lipinski definition) is 1. The minimum atomic E-state index is -0.228. The number of rotatable bonds is 6. The third-order valence-corrected chi connectivity index (χ3v) is 3.92. The number of fused-ring (bicyclic) bond motifs is 1. The van der Waals surface area contributed by atoms with Crippen LogP contribution in [-0.2, 0) is 4.79 Å². The summed E-state index contributed by atoms with van der Waals surface area (Å²) < 4.78 is 21.9. The lowest BCUT2D eigenvalue weighted by Crippen LogP contribution is -2.40. The van der Waals surface area contributed by atoms with Crippen molar-refractivity contribution in [3.05, 3.63) is 54.1 Å². The normalized spacial score (nSPS) is 15.5. The first-order valence-electron chi connectivity index (χ1n) is 8.26. The molecule has 0 saturated heterocycles. The molecule has 0 bridgehead atoms. The molecule has 2 aromatic carbocycles. The second kappa shape index (κ2) is 8.29. The van der Waals surface area contributed by atoms with Crippen LogP contribution >= 0.6 is 0 Å². The SMILES string of the molecule is COc1ccc(OC)c(/C=C/C(=O)NCC2COc3ccccc3O2)c1. The zero-order chi connectivity index (χ0) is 18.4. The Morgan fingerprint density at radius 1 is 1.19 bits per heavy atom. The van der Waals surface area contributed by atoms with Gasteiger partial charge in [-0.3, -0.25) is 4.79 Å². The molecule has 0 fully saturated rings. The van der Waals surface area contributed by atoms with Gasteiger partial charge in [0, 0.05) is 11.6 Å². The molecule has 0 aromatic heterocycles. The maximum Gasteiger partial charge on any atom is 0.244 e. The monoisotopic (exact) mass is 355 g/mol. The first-order valence-corrected chi connectivity index (χ1v) is 8.26. The number of amides is 1. The van der Waals surface area contributed by atoms with Crippen molar-refractivity contribution in [2.24, 2.45) is 0 Å². The molecule has 0 radical (unpaired) electrons. The highest BCUT2D eigenvalue weighted by molar-refractivity contribution is 5.92. The van der Waals surface area contributed by atoms with Crippen LogP contribution in [0.3, 0.4) is 0 Å². The van der Waals surface area contributed by atoms with Crippen LogP contribution in [0.5, 0.6) is 23.0 Å². The summed E-state index contributed by atoms with van der Waals surface area (Å²) in [4.78, 5) is 12.1. The molecule has 136 valence electrons. The molecule has 1 aliphatic rings. The maximum atomic E-state index is 12.1. The van der Waals surface area contributed by atoms with Crippen molar-refractivity contribution in [1.29, 1.82) is 0 Å². The van der Waals surface area contributed by atoms with Crippen LogP contribution in [0.4, 0.5) is 0 Å². The summed E-state index contributed by atoms with van der Waals surface area (Å²) in [6.45, 7) is 0.747. The Kier molecular flexibility index (Phi) is 5.63. The van der Waals surface area contributed by atoms with Crippen molar-refractivity contribution in [1.82, 2.24) is 5.32 Å². The van der Waals surface area contributed by atoms with Crippen molar-refractivity contribution in [3.63, 3.8) is 0 Å². The van der Waals surface area contributed by atoms with Crippen molar-refractivity contribution >= 4 is 12.0 Å². The largest absolute Gasteiger partial charge is 0.497 e. The second-order valence-electron chi connectivity index (χ2n) is 5.68. The Morgan fingerprint density at radius 2 is 2.00 bits per heavy atom. The fourth-order valence-corrected chi connectivity index (χ4v) is 2.57. The van der Waals surface area contributed by atoms with Gasteiger partial charge >= 0.3 is 0 Å². The number of ether oxygens (including phenoxy) is 4. The van der Waals surface area contributed by atoms with Crippen LogP contribution in [0.25, 0.3) is 6.08 Å². The molecule has 0 saturated carbocycles. The molecule has 0 aliphatic carbocycles. The van der Waals surface area contributed by atoms with Gasteiger partial charge < -0.3 is 24.3 Å². The minimum Gasteiger partial charge on any atom is -0.497 e. The fourth-order valence-electron chi connectivity index (χ4n) is 2.57. The lowest BCUT2D eigenvalue weighted by molar-refractivity contribution is -0.116. The number of para-hydroxylation sites is 2. The summed E-state index contributed by atoms with van der Waals surface area (Å²) in [7, 11) is 3.17. The highest BCUT2D eigenvalue weighted by Crippen LogP contribution is 2.30. The van der Waals surface area contributed by atoms with E-state index in [2.05, 4.69) is 5.32 Å². The predicted octanol–water partition coefficient (Wildman–Crippen LogP) is 2.67. The maximum absolute atomic E-state index is 12.1. The summed E-state index contributed by atoms with van der Waals surface area (Å²) in [5.74, 6) is 2.54. The molecule has 3 rings (SSSR count). The van der Waals surface area contributed by atoms with Gasteiger partial charge in [0.15, 0.2) is 11.5 Å². The van der Waals surface area contributed by atoms with Crippen LogP contribution in [0, 0.1) is 0 Å². The highest BCUT2D eigenvalue weighted by Gasteiger charge is 2.20. The second-order valence-corrected chi connectivity index (χ2v) is 5.68. The van der Waals surface area contributed by atoms with E-state index in [9.17, 15) is 4.79 Å². The Balaban J connectivity index is 1.56. The van der Waals surface area contributed by atoms with E-state index in [0.29, 0.717) is 30.4 Å².